The molecule has 0 spiro atoms. The van der Waals surface area contributed by atoms with Crippen LogP contribution in [0.25, 0.3) is 0 Å². The molecule has 0 saturated heterocycles. The Labute approximate surface area is 126 Å². The highest BCUT2D eigenvalue weighted by Gasteiger charge is 2.12. The van der Waals surface area contributed by atoms with E-state index in [1.165, 1.54) is 12.1 Å². The highest BCUT2D eigenvalue weighted by molar-refractivity contribution is 7.11. The fraction of sp³-hybridized carbons (Fsp3) is 0.286. The number of aryl methyl sites for hydroxylation is 1. The molecule has 0 bridgehead atoms. The maximum Gasteiger partial charge on any atom is 0.170 e. The SMILES string of the molecule is Cc1cnc(C(C)NCc2ccc(F)cc2/C(N)=N/O)s1. The van der Waals surface area contributed by atoms with Crippen molar-refractivity contribution in [1.29, 1.82) is 0 Å². The number of nitrogens with two attached hydrogens (primary N) is 1. The maximum absolute atomic E-state index is 13.3. The Morgan fingerprint density at radius 1 is 1.57 bits per heavy atom. The summed E-state index contributed by atoms with van der Waals surface area (Å²) in [5, 5.41) is 16.0. The van der Waals surface area contributed by atoms with E-state index in [4.69, 9.17) is 10.9 Å². The molecule has 0 saturated carbocycles. The van der Waals surface area contributed by atoms with Crippen LogP contribution in [-0.2, 0) is 6.54 Å². The number of hydrogen-bond donors (Lipinski definition) is 3. The van der Waals surface area contributed by atoms with E-state index < -0.39 is 5.82 Å². The lowest BCUT2D eigenvalue weighted by atomic mass is 10.1. The van der Waals surface area contributed by atoms with Gasteiger partial charge in [-0.2, -0.15) is 0 Å². The Hall–Kier alpha value is -1.99. The molecule has 4 N–H and O–H groups in total. The Morgan fingerprint density at radius 2 is 2.33 bits per heavy atom. The van der Waals surface area contributed by atoms with Crippen molar-refractivity contribution in [1.82, 2.24) is 10.3 Å². The Balaban J connectivity index is 2.13. The third-order valence-corrected chi connectivity index (χ3v) is 4.16. The van der Waals surface area contributed by atoms with E-state index in [0.29, 0.717) is 12.1 Å². The lowest BCUT2D eigenvalue weighted by Crippen LogP contribution is -2.22. The first-order valence-electron chi connectivity index (χ1n) is 6.43. The van der Waals surface area contributed by atoms with Crippen molar-refractivity contribution in [3.8, 4) is 0 Å². The second-order valence-electron chi connectivity index (χ2n) is 4.70. The zero-order valence-electron chi connectivity index (χ0n) is 11.8. The average Bonchev–Trinajstić information content (AvgIpc) is 2.91. The summed E-state index contributed by atoms with van der Waals surface area (Å²) in [5.41, 5.74) is 6.72. The van der Waals surface area contributed by atoms with Gasteiger partial charge in [0.25, 0.3) is 0 Å². The van der Waals surface area contributed by atoms with E-state index in [1.807, 2.05) is 20.0 Å². The van der Waals surface area contributed by atoms with Crippen LogP contribution >= 0.6 is 11.3 Å². The van der Waals surface area contributed by atoms with Crippen molar-refractivity contribution in [3.63, 3.8) is 0 Å². The van der Waals surface area contributed by atoms with Crippen LogP contribution < -0.4 is 11.1 Å². The van der Waals surface area contributed by atoms with Gasteiger partial charge in [0.15, 0.2) is 5.84 Å². The van der Waals surface area contributed by atoms with Crippen molar-refractivity contribution < 1.29 is 9.60 Å². The van der Waals surface area contributed by atoms with Gasteiger partial charge >= 0.3 is 0 Å². The van der Waals surface area contributed by atoms with Gasteiger partial charge in [-0.3, -0.25) is 0 Å². The van der Waals surface area contributed by atoms with Crippen LogP contribution in [0.4, 0.5) is 4.39 Å². The molecule has 0 aliphatic carbocycles. The maximum atomic E-state index is 13.3. The lowest BCUT2D eigenvalue weighted by Gasteiger charge is -2.13. The first-order valence-corrected chi connectivity index (χ1v) is 7.25. The third-order valence-electron chi connectivity index (χ3n) is 3.06. The minimum atomic E-state index is -0.427. The number of halogens is 1. The Morgan fingerprint density at radius 3 is 2.95 bits per heavy atom. The summed E-state index contributed by atoms with van der Waals surface area (Å²) in [7, 11) is 0. The van der Waals surface area contributed by atoms with Gasteiger partial charge < -0.3 is 16.3 Å². The first-order chi connectivity index (χ1) is 10.0. The van der Waals surface area contributed by atoms with Crippen molar-refractivity contribution in [2.24, 2.45) is 10.9 Å². The van der Waals surface area contributed by atoms with Crippen molar-refractivity contribution in [3.05, 3.63) is 51.2 Å². The number of amidine groups is 1. The molecule has 112 valence electrons. The molecule has 0 aliphatic rings. The van der Waals surface area contributed by atoms with Gasteiger partial charge in [0.1, 0.15) is 10.8 Å². The summed E-state index contributed by atoms with van der Waals surface area (Å²) in [5.74, 6) is -0.534. The van der Waals surface area contributed by atoms with Crippen molar-refractivity contribution in [2.75, 3.05) is 0 Å². The average molecular weight is 308 g/mol. The summed E-state index contributed by atoms with van der Waals surface area (Å²) in [6, 6.07) is 4.29. The van der Waals surface area contributed by atoms with Gasteiger partial charge in [-0.05, 0) is 31.5 Å². The van der Waals surface area contributed by atoms with Gasteiger partial charge in [0.05, 0.1) is 6.04 Å². The third kappa shape index (κ3) is 3.77. The van der Waals surface area contributed by atoms with E-state index in [2.05, 4.69) is 15.5 Å². The number of hydrogen-bond acceptors (Lipinski definition) is 5. The van der Waals surface area contributed by atoms with E-state index in [9.17, 15) is 4.39 Å². The highest BCUT2D eigenvalue weighted by Crippen LogP contribution is 2.20. The van der Waals surface area contributed by atoms with Crippen LogP contribution in [0, 0.1) is 12.7 Å². The van der Waals surface area contributed by atoms with Crippen LogP contribution in [-0.4, -0.2) is 16.0 Å². The molecule has 1 aromatic carbocycles. The Kier molecular flexibility index (Phi) is 4.87. The molecule has 1 aromatic heterocycles. The molecule has 1 heterocycles. The summed E-state index contributed by atoms with van der Waals surface area (Å²) in [6.07, 6.45) is 1.83. The van der Waals surface area contributed by atoms with E-state index in [0.717, 1.165) is 15.4 Å². The van der Waals surface area contributed by atoms with Crippen molar-refractivity contribution >= 4 is 17.2 Å². The van der Waals surface area contributed by atoms with Crippen LogP contribution in [0.15, 0.2) is 29.6 Å². The smallest absolute Gasteiger partial charge is 0.170 e. The molecule has 1 unspecified atom stereocenters. The number of nitrogens with zero attached hydrogens (tertiary/aromatic N) is 2. The molecule has 5 nitrogen and oxygen atoms in total. The van der Waals surface area contributed by atoms with Crippen LogP contribution in [0.2, 0.25) is 0 Å². The molecule has 0 radical (unpaired) electrons. The zero-order chi connectivity index (χ0) is 15.4. The zero-order valence-corrected chi connectivity index (χ0v) is 12.6. The largest absolute Gasteiger partial charge is 0.409 e. The molecule has 2 aromatic rings. The van der Waals surface area contributed by atoms with Gasteiger partial charge in [-0.25, -0.2) is 9.37 Å². The van der Waals surface area contributed by atoms with E-state index >= 15 is 0 Å². The summed E-state index contributed by atoms with van der Waals surface area (Å²) < 4.78 is 13.3. The minimum absolute atomic E-state index is 0.0638. The van der Waals surface area contributed by atoms with Crippen molar-refractivity contribution in [2.45, 2.75) is 26.4 Å². The molecule has 2 rings (SSSR count). The second-order valence-corrected chi connectivity index (χ2v) is 5.96. The van der Waals surface area contributed by atoms with E-state index in [1.54, 1.807) is 17.4 Å². The van der Waals surface area contributed by atoms with E-state index in [-0.39, 0.29) is 11.9 Å². The molecule has 7 heteroatoms. The second kappa shape index (κ2) is 6.64. The monoisotopic (exact) mass is 308 g/mol. The predicted molar refractivity (Wildman–Crippen MR) is 81.0 cm³/mol. The number of rotatable bonds is 5. The van der Waals surface area contributed by atoms with Crippen LogP contribution in [0.5, 0.6) is 0 Å². The van der Waals surface area contributed by atoms with Gasteiger partial charge in [0, 0.05) is 23.2 Å². The van der Waals surface area contributed by atoms with Crippen LogP contribution in [0.1, 0.15) is 34.0 Å². The van der Waals surface area contributed by atoms with Gasteiger partial charge in [-0.1, -0.05) is 11.2 Å². The number of benzene rings is 1. The Bertz CT molecular complexity index is 656. The molecule has 21 heavy (non-hydrogen) atoms. The molecule has 0 amide bonds. The predicted octanol–water partition coefficient (Wildman–Crippen LogP) is 2.54. The summed E-state index contributed by atoms with van der Waals surface area (Å²) >= 11 is 1.63. The van der Waals surface area contributed by atoms with Gasteiger partial charge in [-0.15, -0.1) is 11.3 Å². The molecule has 1 atom stereocenters. The number of thiazole rings is 1. The molecule has 0 aliphatic heterocycles. The highest BCUT2D eigenvalue weighted by atomic mass is 32.1. The van der Waals surface area contributed by atoms with Crippen LogP contribution in [0.3, 0.4) is 0 Å². The normalized spacial score (nSPS) is 13.4. The number of aromatic nitrogens is 1. The molecular formula is C14H17FN4OS. The lowest BCUT2D eigenvalue weighted by molar-refractivity contribution is 0.318. The summed E-state index contributed by atoms with van der Waals surface area (Å²) in [6.45, 7) is 4.47. The summed E-state index contributed by atoms with van der Waals surface area (Å²) in [4.78, 5) is 5.47. The first kappa shape index (κ1) is 15.4. The standard InChI is InChI=1S/C14H17FN4OS/c1-8-6-18-14(21-8)9(2)17-7-10-3-4-11(15)5-12(10)13(16)19-20/h3-6,9,17,20H,7H2,1-2H3,(H2,16,19). The molecule has 0 fully saturated rings. The molecular weight excluding hydrogens is 291 g/mol. The fourth-order valence-corrected chi connectivity index (χ4v) is 2.72. The van der Waals surface area contributed by atoms with Gasteiger partial charge in [0.2, 0.25) is 0 Å². The minimum Gasteiger partial charge on any atom is -0.409 e. The number of oxime groups is 1. The fourth-order valence-electron chi connectivity index (χ4n) is 1.92. The number of nitrogens with one attached hydrogen (secondary N) is 1. The topological polar surface area (TPSA) is 83.5 Å². The quantitative estimate of drug-likeness (QED) is 0.343.